The smallest absolute Gasteiger partial charge is 0.305 e. The summed E-state index contributed by atoms with van der Waals surface area (Å²) in [5.41, 5.74) is 0.912. The molecule has 0 aromatic carbocycles. The Balaban J connectivity index is 2.24. The third kappa shape index (κ3) is 2.55. The number of carbonyl (C=O) groups is 2. The van der Waals surface area contributed by atoms with Crippen molar-refractivity contribution in [2.24, 2.45) is 0 Å². The lowest BCUT2D eigenvalue weighted by Gasteiger charge is -2.34. The van der Waals surface area contributed by atoms with E-state index in [9.17, 15) is 9.59 Å². The molecule has 0 spiro atoms. The zero-order chi connectivity index (χ0) is 13.1. The number of carboxylic acids is 1. The summed E-state index contributed by atoms with van der Waals surface area (Å²) in [6.07, 6.45) is 3.03. The Morgan fingerprint density at radius 2 is 2.22 bits per heavy atom. The van der Waals surface area contributed by atoms with E-state index in [2.05, 4.69) is 15.3 Å². The molecule has 0 radical (unpaired) electrons. The zero-order valence-electron chi connectivity index (χ0n) is 9.96. The number of amides is 1. The van der Waals surface area contributed by atoms with Crippen LogP contribution in [-0.4, -0.2) is 46.1 Å². The molecule has 1 aliphatic rings. The van der Waals surface area contributed by atoms with E-state index in [1.807, 2.05) is 6.92 Å². The summed E-state index contributed by atoms with van der Waals surface area (Å²) < 4.78 is 0. The van der Waals surface area contributed by atoms with Crippen molar-refractivity contribution in [3.63, 3.8) is 0 Å². The molecule has 7 nitrogen and oxygen atoms in total. The zero-order valence-corrected chi connectivity index (χ0v) is 9.96. The van der Waals surface area contributed by atoms with Crippen LogP contribution in [0.25, 0.3) is 0 Å². The molecule has 1 unspecified atom stereocenters. The van der Waals surface area contributed by atoms with E-state index < -0.39 is 12.0 Å². The molecule has 7 heteroatoms. The molecule has 96 valence electrons. The Morgan fingerprint density at radius 1 is 1.56 bits per heavy atom. The lowest BCUT2D eigenvalue weighted by atomic mass is 10.1. The van der Waals surface area contributed by atoms with Crippen molar-refractivity contribution in [2.45, 2.75) is 19.4 Å². The quantitative estimate of drug-likeness (QED) is 0.755. The van der Waals surface area contributed by atoms with Gasteiger partial charge in [0.2, 0.25) is 11.9 Å². The minimum atomic E-state index is -1.02. The van der Waals surface area contributed by atoms with Gasteiger partial charge in [0.15, 0.2) is 0 Å². The maximum atomic E-state index is 11.7. The van der Waals surface area contributed by atoms with Gasteiger partial charge in [-0.2, -0.15) is 0 Å². The molecule has 1 aromatic heterocycles. The highest BCUT2D eigenvalue weighted by Crippen LogP contribution is 2.16. The number of hydrogen-bond acceptors (Lipinski definition) is 5. The van der Waals surface area contributed by atoms with E-state index >= 15 is 0 Å². The molecule has 1 fully saturated rings. The first-order valence-electron chi connectivity index (χ1n) is 5.62. The second-order valence-electron chi connectivity index (χ2n) is 4.16. The molecular formula is C11H14N4O3. The van der Waals surface area contributed by atoms with E-state index in [0.717, 1.165) is 5.56 Å². The molecule has 18 heavy (non-hydrogen) atoms. The minimum absolute atomic E-state index is 0.261. The minimum Gasteiger partial charge on any atom is -0.481 e. The lowest BCUT2D eigenvalue weighted by molar-refractivity contribution is -0.139. The number of aryl methyl sites for hydroxylation is 1. The number of nitrogens with zero attached hydrogens (tertiary/aromatic N) is 3. The van der Waals surface area contributed by atoms with Gasteiger partial charge in [0.05, 0.1) is 6.42 Å². The van der Waals surface area contributed by atoms with Crippen LogP contribution in [0.1, 0.15) is 12.0 Å². The van der Waals surface area contributed by atoms with Crippen LogP contribution in [0.2, 0.25) is 0 Å². The summed E-state index contributed by atoms with van der Waals surface area (Å²) in [5, 5.41) is 11.5. The average Bonchev–Trinajstić information content (AvgIpc) is 2.32. The van der Waals surface area contributed by atoms with Crippen molar-refractivity contribution in [1.29, 1.82) is 0 Å². The van der Waals surface area contributed by atoms with Crippen LogP contribution in [0.5, 0.6) is 0 Å². The second-order valence-corrected chi connectivity index (χ2v) is 4.16. The monoisotopic (exact) mass is 250 g/mol. The normalized spacial score (nSPS) is 19.5. The fourth-order valence-electron chi connectivity index (χ4n) is 1.86. The molecule has 0 aliphatic carbocycles. The standard InChI is InChI=1S/C11H14N4O3/c1-7-5-13-11(14-6-7)15-3-2-12-10(18)8(15)4-9(16)17/h5-6,8H,2-4H2,1H3,(H,12,18)(H,16,17). The summed E-state index contributed by atoms with van der Waals surface area (Å²) in [6, 6.07) is -0.751. The van der Waals surface area contributed by atoms with E-state index in [-0.39, 0.29) is 12.3 Å². The lowest BCUT2D eigenvalue weighted by Crippen LogP contribution is -2.56. The maximum absolute atomic E-state index is 11.7. The second kappa shape index (κ2) is 4.99. The third-order valence-electron chi connectivity index (χ3n) is 2.72. The molecule has 2 heterocycles. The molecule has 1 atom stereocenters. The maximum Gasteiger partial charge on any atom is 0.305 e. The van der Waals surface area contributed by atoms with Crippen LogP contribution in [0.4, 0.5) is 5.95 Å². The van der Waals surface area contributed by atoms with Crippen molar-refractivity contribution in [3.8, 4) is 0 Å². The summed E-state index contributed by atoms with van der Waals surface area (Å²) >= 11 is 0. The summed E-state index contributed by atoms with van der Waals surface area (Å²) in [4.78, 5) is 32.4. The largest absolute Gasteiger partial charge is 0.481 e. The van der Waals surface area contributed by atoms with E-state index in [1.54, 1.807) is 17.3 Å². The number of hydrogen-bond donors (Lipinski definition) is 2. The SMILES string of the molecule is Cc1cnc(N2CCNC(=O)C2CC(=O)O)nc1. The molecule has 2 rings (SSSR count). The Kier molecular flexibility index (Phi) is 3.40. The summed E-state index contributed by atoms with van der Waals surface area (Å²) in [5.74, 6) is -0.927. The number of rotatable bonds is 3. The van der Waals surface area contributed by atoms with Gasteiger partial charge in [0.25, 0.3) is 0 Å². The van der Waals surface area contributed by atoms with Gasteiger partial charge in [0, 0.05) is 25.5 Å². The molecule has 1 aromatic rings. The van der Waals surface area contributed by atoms with Crippen LogP contribution < -0.4 is 10.2 Å². The Hall–Kier alpha value is -2.18. The van der Waals surface area contributed by atoms with Crippen LogP contribution in [0.15, 0.2) is 12.4 Å². The molecule has 1 aliphatic heterocycles. The first kappa shape index (κ1) is 12.3. The molecule has 2 N–H and O–H groups in total. The fraction of sp³-hybridized carbons (Fsp3) is 0.455. The molecular weight excluding hydrogens is 236 g/mol. The van der Waals surface area contributed by atoms with Gasteiger partial charge in [-0.15, -0.1) is 0 Å². The molecule has 1 saturated heterocycles. The van der Waals surface area contributed by atoms with Gasteiger partial charge in [-0.3, -0.25) is 9.59 Å². The Morgan fingerprint density at radius 3 is 2.83 bits per heavy atom. The Bertz CT molecular complexity index is 460. The van der Waals surface area contributed by atoms with Crippen molar-refractivity contribution in [2.75, 3.05) is 18.0 Å². The van der Waals surface area contributed by atoms with Crippen molar-refractivity contribution < 1.29 is 14.7 Å². The topological polar surface area (TPSA) is 95.4 Å². The van der Waals surface area contributed by atoms with Gasteiger partial charge >= 0.3 is 5.97 Å². The van der Waals surface area contributed by atoms with Crippen molar-refractivity contribution in [3.05, 3.63) is 18.0 Å². The highest BCUT2D eigenvalue weighted by molar-refractivity contribution is 5.89. The number of anilines is 1. The molecule has 0 saturated carbocycles. The van der Waals surface area contributed by atoms with Crippen LogP contribution in [0, 0.1) is 6.92 Å². The van der Waals surface area contributed by atoms with Crippen LogP contribution in [0.3, 0.4) is 0 Å². The Labute approximate surface area is 104 Å². The van der Waals surface area contributed by atoms with Crippen molar-refractivity contribution in [1.82, 2.24) is 15.3 Å². The third-order valence-corrected chi connectivity index (χ3v) is 2.72. The fourth-order valence-corrected chi connectivity index (χ4v) is 1.86. The van der Waals surface area contributed by atoms with Crippen LogP contribution >= 0.6 is 0 Å². The van der Waals surface area contributed by atoms with Gasteiger partial charge in [-0.1, -0.05) is 0 Å². The van der Waals surface area contributed by atoms with Crippen molar-refractivity contribution >= 4 is 17.8 Å². The predicted molar refractivity (Wildman–Crippen MR) is 63.2 cm³/mol. The van der Waals surface area contributed by atoms with Gasteiger partial charge < -0.3 is 15.3 Å². The first-order valence-corrected chi connectivity index (χ1v) is 5.62. The van der Waals surface area contributed by atoms with E-state index in [4.69, 9.17) is 5.11 Å². The van der Waals surface area contributed by atoms with Gasteiger partial charge in [-0.25, -0.2) is 9.97 Å². The number of nitrogens with one attached hydrogen (secondary N) is 1. The highest BCUT2D eigenvalue weighted by atomic mass is 16.4. The molecule has 1 amide bonds. The number of aliphatic carboxylic acids is 1. The average molecular weight is 250 g/mol. The van der Waals surface area contributed by atoms with Gasteiger partial charge in [0.1, 0.15) is 6.04 Å². The highest BCUT2D eigenvalue weighted by Gasteiger charge is 2.33. The van der Waals surface area contributed by atoms with Gasteiger partial charge in [-0.05, 0) is 12.5 Å². The van der Waals surface area contributed by atoms with Crippen LogP contribution in [-0.2, 0) is 9.59 Å². The summed E-state index contributed by atoms with van der Waals surface area (Å²) in [6.45, 7) is 2.83. The number of piperazine rings is 1. The first-order chi connectivity index (χ1) is 8.58. The summed E-state index contributed by atoms with van der Waals surface area (Å²) in [7, 11) is 0. The molecule has 0 bridgehead atoms. The number of carboxylic acid groups (broad SMARTS) is 1. The number of aromatic nitrogens is 2. The van der Waals surface area contributed by atoms with E-state index in [0.29, 0.717) is 19.0 Å². The number of carbonyl (C=O) groups excluding carboxylic acids is 1. The van der Waals surface area contributed by atoms with E-state index in [1.165, 1.54) is 0 Å². The predicted octanol–water partition coefficient (Wildman–Crippen LogP) is -0.435.